The van der Waals surface area contributed by atoms with E-state index in [1.54, 1.807) is 18.3 Å². The minimum atomic E-state index is -0.739. The molecule has 2 saturated carbocycles. The van der Waals surface area contributed by atoms with Crippen LogP contribution in [0, 0.1) is 37.5 Å². The van der Waals surface area contributed by atoms with Crippen molar-refractivity contribution in [1.82, 2.24) is 15.5 Å². The fourth-order valence-electron chi connectivity index (χ4n) is 5.02. The summed E-state index contributed by atoms with van der Waals surface area (Å²) in [4.78, 5) is 33.6. The van der Waals surface area contributed by atoms with Gasteiger partial charge in [-0.15, -0.1) is 0 Å². The lowest BCUT2D eigenvalue weighted by Gasteiger charge is -2.25. The van der Waals surface area contributed by atoms with Crippen molar-refractivity contribution in [2.45, 2.75) is 58.9 Å². The van der Waals surface area contributed by atoms with E-state index in [1.165, 1.54) is 6.26 Å². The van der Waals surface area contributed by atoms with Gasteiger partial charge in [0.05, 0.1) is 11.3 Å². The predicted molar refractivity (Wildman–Crippen MR) is 130 cm³/mol. The van der Waals surface area contributed by atoms with Gasteiger partial charge in [0.25, 0.3) is 17.7 Å². The Bertz CT molecular complexity index is 1290. The van der Waals surface area contributed by atoms with Crippen LogP contribution in [0.15, 0.2) is 35.2 Å². The highest BCUT2D eigenvalue weighted by Gasteiger charge is 2.49. The number of anilines is 1. The van der Waals surface area contributed by atoms with Crippen molar-refractivity contribution >= 4 is 17.6 Å². The molecule has 3 N–H and O–H groups in total. The molecule has 0 radical (unpaired) electrons. The predicted octanol–water partition coefficient (Wildman–Crippen LogP) is 4.04. The first-order chi connectivity index (χ1) is 17.4. The van der Waals surface area contributed by atoms with Gasteiger partial charge < -0.3 is 9.84 Å². The lowest BCUT2D eigenvalue weighted by atomic mass is 9.88. The van der Waals surface area contributed by atoms with E-state index in [4.69, 9.17) is 4.52 Å². The first kappa shape index (κ1) is 24.1. The van der Waals surface area contributed by atoms with Crippen molar-refractivity contribution < 1.29 is 23.5 Å². The molecular formula is C27H31FN5O3+. The van der Waals surface area contributed by atoms with Gasteiger partial charge in [0.15, 0.2) is 0 Å². The van der Waals surface area contributed by atoms with Crippen molar-refractivity contribution in [2.75, 3.05) is 5.32 Å². The molecule has 2 fully saturated rings. The maximum atomic E-state index is 15.1. The largest absolute Gasteiger partial charge is 0.364 e. The third-order valence-electron chi connectivity index (χ3n) is 7.18. The van der Waals surface area contributed by atoms with E-state index in [0.717, 1.165) is 31.2 Å². The third-order valence-corrected chi connectivity index (χ3v) is 7.18. The highest BCUT2D eigenvalue weighted by molar-refractivity contribution is 6.01. The highest BCUT2D eigenvalue weighted by atomic mass is 19.1. The van der Waals surface area contributed by atoms with Crippen LogP contribution in [0.3, 0.4) is 0 Å². The molecule has 2 aliphatic carbocycles. The Balaban J connectivity index is 1.38. The first-order valence-electron chi connectivity index (χ1n) is 12.6. The van der Waals surface area contributed by atoms with E-state index in [-0.39, 0.29) is 23.6 Å². The zero-order chi connectivity index (χ0) is 25.4. The quantitative estimate of drug-likeness (QED) is 0.438. The van der Waals surface area contributed by atoms with Crippen LogP contribution >= 0.6 is 0 Å². The number of hydrogen-bond donors (Lipinski definition) is 2. The number of aromatic amines is 1. The van der Waals surface area contributed by atoms with Gasteiger partial charge in [0.2, 0.25) is 0 Å². The summed E-state index contributed by atoms with van der Waals surface area (Å²) in [7, 11) is 0. The molecular weight excluding hydrogens is 461 g/mol. The summed E-state index contributed by atoms with van der Waals surface area (Å²) >= 11 is 0. The molecule has 0 spiro atoms. The molecule has 0 aromatic carbocycles. The second-order valence-electron chi connectivity index (χ2n) is 9.97. The van der Waals surface area contributed by atoms with Crippen LogP contribution in [0.25, 0.3) is 11.1 Å². The second-order valence-corrected chi connectivity index (χ2v) is 9.97. The van der Waals surface area contributed by atoms with E-state index >= 15 is 4.39 Å². The number of carbonyl (C=O) groups excluding carboxylic acids is 2. The van der Waals surface area contributed by atoms with Gasteiger partial charge in [-0.2, -0.15) is 4.39 Å². The molecule has 5 rings (SSSR count). The number of nitrogens with zero attached hydrogens (tertiary/aromatic N) is 2. The fraction of sp³-hybridized carbons (Fsp3) is 0.444. The monoisotopic (exact) mass is 492 g/mol. The maximum absolute atomic E-state index is 15.1. The second kappa shape index (κ2) is 9.79. The summed E-state index contributed by atoms with van der Waals surface area (Å²) in [5.41, 5.74) is 3.59. The summed E-state index contributed by atoms with van der Waals surface area (Å²) < 4.78 is 20.1. The molecule has 0 saturated heterocycles. The number of aryl methyl sites for hydroxylation is 3. The lowest BCUT2D eigenvalue weighted by Crippen LogP contribution is -2.50. The Hall–Kier alpha value is -3.62. The Labute approximate surface area is 209 Å². The van der Waals surface area contributed by atoms with E-state index in [1.807, 2.05) is 26.8 Å². The molecule has 1 atom stereocenters. The van der Waals surface area contributed by atoms with Crippen molar-refractivity contribution in [3.05, 3.63) is 59.1 Å². The molecule has 3 aromatic heterocycles. The maximum Gasteiger partial charge on any atom is 0.330 e. The van der Waals surface area contributed by atoms with Crippen molar-refractivity contribution in [1.29, 1.82) is 0 Å². The Morgan fingerprint density at radius 1 is 1.17 bits per heavy atom. The number of halogens is 1. The Morgan fingerprint density at radius 2 is 1.89 bits per heavy atom. The van der Waals surface area contributed by atoms with Gasteiger partial charge >= 0.3 is 5.91 Å². The summed E-state index contributed by atoms with van der Waals surface area (Å²) in [6, 6.07) is 4.40. The smallest absolute Gasteiger partial charge is 0.330 e. The Morgan fingerprint density at radius 3 is 2.53 bits per heavy atom. The van der Waals surface area contributed by atoms with Crippen molar-refractivity contribution in [2.24, 2.45) is 17.8 Å². The number of rotatable bonds is 9. The summed E-state index contributed by atoms with van der Waals surface area (Å²) in [6.45, 7) is 5.62. The molecule has 3 heterocycles. The zero-order valence-electron chi connectivity index (χ0n) is 20.7. The lowest BCUT2D eigenvalue weighted by molar-refractivity contribution is -0.404. The summed E-state index contributed by atoms with van der Waals surface area (Å²) in [5.74, 6) is -0.233. The normalized spacial score (nSPS) is 16.1. The molecule has 36 heavy (non-hydrogen) atoms. The number of H-pyrrole nitrogens is 1. The Kier molecular flexibility index (Phi) is 6.55. The highest BCUT2D eigenvalue weighted by Crippen LogP contribution is 2.51. The van der Waals surface area contributed by atoms with Crippen LogP contribution in [-0.4, -0.2) is 28.0 Å². The van der Waals surface area contributed by atoms with Crippen LogP contribution in [0.4, 0.5) is 10.2 Å². The molecule has 2 aliphatic rings. The molecule has 2 amide bonds. The zero-order valence-corrected chi connectivity index (χ0v) is 20.7. The first-order valence-corrected chi connectivity index (χ1v) is 12.6. The molecule has 0 bridgehead atoms. The number of amides is 2. The summed E-state index contributed by atoms with van der Waals surface area (Å²) in [5, 5.41) is 9.65. The number of hydrogen-bond acceptors (Lipinski definition) is 5. The third kappa shape index (κ3) is 5.01. The standard InChI is InChI=1S/C27H30FN5O3/c1-4-21-20(13-36-33-21)26(34)32-24(23(16-5-6-16)17-7-8-17)27(35)31-22-10-9-18(25(28)30-22)19-11-14(2)12-29-15(19)3/h9-13,16-17,23-24H,4-8H2,1-3H3,(H,32,34)(H,30,31,35)/p+1/t24-/m0/s1. The van der Waals surface area contributed by atoms with E-state index in [2.05, 4.69) is 25.8 Å². The number of carbonyl (C=O) groups is 2. The van der Waals surface area contributed by atoms with Crippen LogP contribution in [-0.2, 0) is 11.2 Å². The molecule has 0 aliphatic heterocycles. The number of aromatic nitrogens is 3. The van der Waals surface area contributed by atoms with Gasteiger partial charge in [0, 0.05) is 23.5 Å². The van der Waals surface area contributed by atoms with Crippen LogP contribution in [0.5, 0.6) is 0 Å². The molecule has 8 nitrogen and oxygen atoms in total. The van der Waals surface area contributed by atoms with E-state index < -0.39 is 12.0 Å². The van der Waals surface area contributed by atoms with Crippen LogP contribution < -0.4 is 15.6 Å². The minimum Gasteiger partial charge on any atom is -0.364 e. The SMILES string of the molecule is CCc1nocc1C(=O)N[C@H](C(=O)Nc1ccc(-c2cc(C)cnc2C)c(F)[nH+]1)C(C1CC1)C1CC1. The van der Waals surface area contributed by atoms with Crippen LogP contribution in [0.2, 0.25) is 0 Å². The summed E-state index contributed by atoms with van der Waals surface area (Å²) in [6.07, 6.45) is 7.79. The van der Waals surface area contributed by atoms with E-state index in [9.17, 15) is 9.59 Å². The molecule has 9 heteroatoms. The fourth-order valence-corrected chi connectivity index (χ4v) is 5.02. The van der Waals surface area contributed by atoms with Gasteiger partial charge in [-0.3, -0.25) is 9.78 Å². The van der Waals surface area contributed by atoms with Gasteiger partial charge in [-0.05, 0) is 81.4 Å². The van der Waals surface area contributed by atoms with Gasteiger partial charge in [0.1, 0.15) is 17.9 Å². The molecule has 188 valence electrons. The van der Waals surface area contributed by atoms with Crippen LogP contribution in [0.1, 0.15) is 59.9 Å². The number of nitrogens with one attached hydrogen (secondary N) is 3. The van der Waals surface area contributed by atoms with Gasteiger partial charge in [-0.25, -0.2) is 15.1 Å². The average molecular weight is 493 g/mol. The van der Waals surface area contributed by atoms with Gasteiger partial charge in [-0.1, -0.05) is 12.1 Å². The van der Waals surface area contributed by atoms with Crippen molar-refractivity contribution in [3.63, 3.8) is 0 Å². The minimum absolute atomic E-state index is 0.0454. The topological polar surface area (TPSA) is 111 Å². The van der Waals surface area contributed by atoms with E-state index in [0.29, 0.717) is 46.3 Å². The molecule has 0 unspecified atom stereocenters. The average Bonchev–Trinajstić information content (AvgIpc) is 3.80. The van der Waals surface area contributed by atoms with Crippen molar-refractivity contribution in [3.8, 4) is 11.1 Å². The molecule has 3 aromatic rings. The number of pyridine rings is 2.